The van der Waals surface area contributed by atoms with Crippen LogP contribution in [0.1, 0.15) is 40.5 Å². The molecule has 3 atom stereocenters. The number of nitriles is 1. The van der Waals surface area contributed by atoms with Crippen molar-refractivity contribution in [1.29, 1.82) is 5.26 Å². The van der Waals surface area contributed by atoms with Crippen LogP contribution in [0, 0.1) is 11.3 Å². The Hall–Kier alpha value is -0.630. The third-order valence-corrected chi connectivity index (χ3v) is 3.46. The Balaban J connectivity index is 2.30. The Morgan fingerprint density at radius 1 is 1.39 bits per heavy atom. The summed E-state index contributed by atoms with van der Waals surface area (Å²) in [5.74, 6) is 0. The van der Waals surface area contributed by atoms with E-state index in [0.29, 0.717) is 12.2 Å². The molecule has 0 bridgehead atoms. The van der Waals surface area contributed by atoms with E-state index in [1.165, 1.54) is 0 Å². The molecule has 4 nitrogen and oxygen atoms in total. The predicted molar refractivity (Wildman–Crippen MR) is 73.4 cm³/mol. The lowest BCUT2D eigenvalue weighted by Crippen LogP contribution is -2.46. The Bertz CT molecular complexity index is 279. The second-order valence-electron chi connectivity index (χ2n) is 5.59. The van der Waals surface area contributed by atoms with E-state index in [4.69, 9.17) is 4.74 Å². The molecule has 1 heterocycles. The molecule has 1 fully saturated rings. The van der Waals surface area contributed by atoms with E-state index >= 15 is 0 Å². The largest absolute Gasteiger partial charge is 0.373 e. The zero-order valence-corrected chi connectivity index (χ0v) is 12.2. The molecule has 1 N–H and O–H groups in total. The van der Waals surface area contributed by atoms with Crippen molar-refractivity contribution in [3.8, 4) is 6.07 Å². The van der Waals surface area contributed by atoms with Crippen molar-refractivity contribution in [2.45, 2.75) is 58.3 Å². The minimum Gasteiger partial charge on any atom is -0.373 e. The fourth-order valence-corrected chi connectivity index (χ4v) is 2.70. The van der Waals surface area contributed by atoms with Gasteiger partial charge in [0.2, 0.25) is 0 Å². The Labute approximate surface area is 111 Å². The average Bonchev–Trinajstić information content (AvgIpc) is 2.28. The van der Waals surface area contributed by atoms with Crippen molar-refractivity contribution in [3.05, 3.63) is 0 Å². The van der Waals surface area contributed by atoms with Crippen LogP contribution in [-0.4, -0.2) is 48.8 Å². The standard InChI is InChI=1S/C14H27N3O/c1-5-16-14(4,11-15)7-6-8-17-9-12(2)18-13(3)10-17/h12-13,16H,5-10H2,1-4H3/t12-,13+,14?. The molecule has 1 saturated heterocycles. The summed E-state index contributed by atoms with van der Waals surface area (Å²) in [4.78, 5) is 2.45. The van der Waals surface area contributed by atoms with Gasteiger partial charge in [0.05, 0.1) is 18.3 Å². The Kier molecular flexibility index (Phi) is 6.07. The monoisotopic (exact) mass is 253 g/mol. The lowest BCUT2D eigenvalue weighted by Gasteiger charge is -2.35. The maximum Gasteiger partial charge on any atom is 0.103 e. The third-order valence-electron chi connectivity index (χ3n) is 3.46. The minimum atomic E-state index is -0.377. The molecule has 1 rings (SSSR count). The molecule has 1 aliphatic heterocycles. The van der Waals surface area contributed by atoms with Gasteiger partial charge in [0.1, 0.15) is 5.54 Å². The number of morpholine rings is 1. The van der Waals surface area contributed by atoms with Crippen LogP contribution in [0.2, 0.25) is 0 Å². The van der Waals surface area contributed by atoms with Crippen molar-refractivity contribution in [3.63, 3.8) is 0 Å². The van der Waals surface area contributed by atoms with E-state index in [1.54, 1.807) is 0 Å². The number of hydrogen-bond acceptors (Lipinski definition) is 4. The van der Waals surface area contributed by atoms with Crippen LogP contribution in [0.25, 0.3) is 0 Å². The molecule has 4 heteroatoms. The van der Waals surface area contributed by atoms with Crippen LogP contribution >= 0.6 is 0 Å². The highest BCUT2D eigenvalue weighted by atomic mass is 16.5. The van der Waals surface area contributed by atoms with E-state index < -0.39 is 0 Å². The van der Waals surface area contributed by atoms with Crippen molar-refractivity contribution >= 4 is 0 Å². The first-order chi connectivity index (χ1) is 8.49. The lowest BCUT2D eigenvalue weighted by atomic mass is 9.97. The quantitative estimate of drug-likeness (QED) is 0.783. The van der Waals surface area contributed by atoms with E-state index in [0.717, 1.165) is 39.0 Å². The summed E-state index contributed by atoms with van der Waals surface area (Å²) in [6, 6.07) is 2.38. The smallest absolute Gasteiger partial charge is 0.103 e. The van der Waals surface area contributed by atoms with Gasteiger partial charge in [-0.1, -0.05) is 6.92 Å². The van der Waals surface area contributed by atoms with Crippen LogP contribution in [0.15, 0.2) is 0 Å². The van der Waals surface area contributed by atoms with Crippen LogP contribution in [0.3, 0.4) is 0 Å². The van der Waals surface area contributed by atoms with Crippen molar-refractivity contribution in [1.82, 2.24) is 10.2 Å². The fourth-order valence-electron chi connectivity index (χ4n) is 2.70. The minimum absolute atomic E-state index is 0.324. The summed E-state index contributed by atoms with van der Waals surface area (Å²) in [5.41, 5.74) is -0.377. The molecule has 0 aromatic rings. The summed E-state index contributed by atoms with van der Waals surface area (Å²) < 4.78 is 5.72. The highest BCUT2D eigenvalue weighted by Gasteiger charge is 2.24. The highest BCUT2D eigenvalue weighted by molar-refractivity contribution is 5.03. The maximum atomic E-state index is 9.19. The van der Waals surface area contributed by atoms with Gasteiger partial charge in [-0.3, -0.25) is 10.2 Å². The molecule has 1 unspecified atom stereocenters. The average molecular weight is 253 g/mol. The number of nitrogens with zero attached hydrogens (tertiary/aromatic N) is 2. The zero-order chi connectivity index (χ0) is 13.6. The molecule has 0 spiro atoms. The number of ether oxygens (including phenoxy) is 1. The summed E-state index contributed by atoms with van der Waals surface area (Å²) >= 11 is 0. The van der Waals surface area contributed by atoms with Gasteiger partial charge in [0.15, 0.2) is 0 Å². The summed E-state index contributed by atoms with van der Waals surface area (Å²) in [6.45, 7) is 12.2. The number of rotatable bonds is 6. The van der Waals surface area contributed by atoms with Crippen LogP contribution in [-0.2, 0) is 4.74 Å². The van der Waals surface area contributed by atoms with Crippen LogP contribution < -0.4 is 5.32 Å². The number of hydrogen-bond donors (Lipinski definition) is 1. The predicted octanol–water partition coefficient (Wildman–Crippen LogP) is 1.77. The highest BCUT2D eigenvalue weighted by Crippen LogP contribution is 2.15. The van der Waals surface area contributed by atoms with Gasteiger partial charge < -0.3 is 4.74 Å². The van der Waals surface area contributed by atoms with E-state index in [9.17, 15) is 5.26 Å². The molecule has 0 radical (unpaired) electrons. The van der Waals surface area contributed by atoms with E-state index in [1.807, 2.05) is 13.8 Å². The van der Waals surface area contributed by atoms with Gasteiger partial charge in [-0.05, 0) is 46.7 Å². The lowest BCUT2D eigenvalue weighted by molar-refractivity contribution is -0.0683. The van der Waals surface area contributed by atoms with E-state index in [2.05, 4.69) is 30.1 Å². The second-order valence-corrected chi connectivity index (χ2v) is 5.59. The summed E-state index contributed by atoms with van der Waals surface area (Å²) in [6.07, 6.45) is 2.60. The molecule has 1 aliphatic rings. The Morgan fingerprint density at radius 2 is 2.00 bits per heavy atom. The van der Waals surface area contributed by atoms with Crippen molar-refractivity contribution in [2.75, 3.05) is 26.2 Å². The molecule has 104 valence electrons. The normalized spacial score (nSPS) is 28.6. The van der Waals surface area contributed by atoms with Gasteiger partial charge in [-0.25, -0.2) is 0 Å². The number of nitrogens with one attached hydrogen (secondary N) is 1. The van der Waals surface area contributed by atoms with Crippen molar-refractivity contribution in [2.24, 2.45) is 0 Å². The second kappa shape index (κ2) is 7.08. The third kappa shape index (κ3) is 4.93. The first kappa shape index (κ1) is 15.4. The van der Waals surface area contributed by atoms with Crippen LogP contribution in [0.5, 0.6) is 0 Å². The van der Waals surface area contributed by atoms with Gasteiger partial charge in [-0.2, -0.15) is 5.26 Å². The molecule has 0 aliphatic carbocycles. The zero-order valence-electron chi connectivity index (χ0n) is 12.2. The molecule has 0 amide bonds. The SMILES string of the molecule is CCNC(C)(C#N)CCCN1C[C@@H](C)O[C@@H](C)C1. The molecule has 0 saturated carbocycles. The van der Waals surface area contributed by atoms with Crippen LogP contribution in [0.4, 0.5) is 0 Å². The van der Waals surface area contributed by atoms with Gasteiger partial charge in [0, 0.05) is 13.1 Å². The topological polar surface area (TPSA) is 48.3 Å². The van der Waals surface area contributed by atoms with E-state index in [-0.39, 0.29) is 5.54 Å². The fraction of sp³-hybridized carbons (Fsp3) is 0.929. The summed E-state index contributed by atoms with van der Waals surface area (Å²) in [5, 5.41) is 12.5. The molecule has 0 aromatic carbocycles. The van der Waals surface area contributed by atoms with Gasteiger partial charge in [0.25, 0.3) is 0 Å². The molecular weight excluding hydrogens is 226 g/mol. The molecular formula is C14H27N3O. The first-order valence-corrected chi connectivity index (χ1v) is 7.03. The molecule has 18 heavy (non-hydrogen) atoms. The van der Waals surface area contributed by atoms with Gasteiger partial charge >= 0.3 is 0 Å². The molecule has 0 aromatic heterocycles. The summed E-state index contributed by atoms with van der Waals surface area (Å²) in [7, 11) is 0. The van der Waals surface area contributed by atoms with Crippen molar-refractivity contribution < 1.29 is 4.74 Å². The Morgan fingerprint density at radius 3 is 2.50 bits per heavy atom. The first-order valence-electron chi connectivity index (χ1n) is 7.03. The maximum absolute atomic E-state index is 9.19. The van der Waals surface area contributed by atoms with Gasteiger partial charge in [-0.15, -0.1) is 0 Å².